The highest BCUT2D eigenvalue weighted by atomic mass is 14.5. The third-order valence-electron chi connectivity index (χ3n) is 1.71. The van der Waals surface area contributed by atoms with Gasteiger partial charge in [-0.25, -0.2) is 0 Å². The topological polar surface area (TPSA) is 47.7 Å². The summed E-state index contributed by atoms with van der Waals surface area (Å²) in [5.74, 6) is 0.444. The molecule has 0 aromatic heterocycles. The van der Waals surface area contributed by atoms with Crippen LogP contribution in [-0.4, -0.2) is 11.4 Å². The first-order valence-corrected chi connectivity index (χ1v) is 3.68. The lowest BCUT2D eigenvalue weighted by Crippen LogP contribution is -2.11. The van der Waals surface area contributed by atoms with Crippen molar-refractivity contribution in [2.24, 2.45) is 5.92 Å². The molecule has 2 nitrogen and oxygen atoms in total. The fourth-order valence-electron chi connectivity index (χ4n) is 0.921. The van der Waals surface area contributed by atoms with Gasteiger partial charge < -0.3 is 0 Å². The largest absolute Gasteiger partial charge is 0.299 e. The molecule has 0 aromatic rings. The predicted octanol–water partition coefficient (Wildman–Crippen LogP) is 2.18. The van der Waals surface area contributed by atoms with Crippen LogP contribution in [0.5, 0.6) is 0 Å². The van der Waals surface area contributed by atoms with Gasteiger partial charge in [0.15, 0.2) is 0 Å². The van der Waals surface area contributed by atoms with Gasteiger partial charge in [0.05, 0.1) is 11.4 Å². The number of nitrogens with one attached hydrogen (secondary N) is 2. The Balaban J connectivity index is 2.89. The van der Waals surface area contributed by atoms with E-state index in [0.717, 1.165) is 5.57 Å². The molecule has 1 aliphatic carbocycles. The Labute approximate surface area is 66.6 Å². The average Bonchev–Trinajstić information content (AvgIpc) is 1.94. The smallest absolute Gasteiger partial charge is 0.0792 e. The maximum Gasteiger partial charge on any atom is 0.0792 e. The van der Waals surface area contributed by atoms with E-state index < -0.39 is 0 Å². The highest BCUT2D eigenvalue weighted by Crippen LogP contribution is 2.14. The van der Waals surface area contributed by atoms with Gasteiger partial charge >= 0.3 is 0 Å². The van der Waals surface area contributed by atoms with E-state index in [9.17, 15) is 0 Å². The van der Waals surface area contributed by atoms with Crippen molar-refractivity contribution in [1.29, 1.82) is 10.8 Å². The summed E-state index contributed by atoms with van der Waals surface area (Å²) in [5.41, 5.74) is 1.75. The molecule has 1 rings (SSSR count). The third kappa shape index (κ3) is 1.64. The van der Waals surface area contributed by atoms with Crippen molar-refractivity contribution >= 4 is 11.4 Å². The molecule has 0 atom stereocenters. The van der Waals surface area contributed by atoms with E-state index in [4.69, 9.17) is 10.8 Å². The summed E-state index contributed by atoms with van der Waals surface area (Å²) < 4.78 is 0. The van der Waals surface area contributed by atoms with Crippen molar-refractivity contribution in [1.82, 2.24) is 0 Å². The van der Waals surface area contributed by atoms with Crippen LogP contribution < -0.4 is 0 Å². The maximum absolute atomic E-state index is 7.37. The zero-order chi connectivity index (χ0) is 8.43. The summed E-state index contributed by atoms with van der Waals surface area (Å²) in [6.07, 6.45) is 5.34. The van der Waals surface area contributed by atoms with Crippen LogP contribution >= 0.6 is 0 Å². The Hall–Kier alpha value is -1.18. The summed E-state index contributed by atoms with van der Waals surface area (Å²) >= 11 is 0. The van der Waals surface area contributed by atoms with Gasteiger partial charge in [0.2, 0.25) is 0 Å². The Morgan fingerprint density at radius 3 is 2.18 bits per heavy atom. The van der Waals surface area contributed by atoms with Crippen LogP contribution in [-0.2, 0) is 0 Å². The summed E-state index contributed by atoms with van der Waals surface area (Å²) in [5, 5.41) is 14.6. The highest BCUT2D eigenvalue weighted by Gasteiger charge is 2.08. The Bertz CT molecular complexity index is 257. The van der Waals surface area contributed by atoms with Gasteiger partial charge in [0.25, 0.3) is 0 Å². The summed E-state index contributed by atoms with van der Waals surface area (Å²) in [4.78, 5) is 0. The van der Waals surface area contributed by atoms with Gasteiger partial charge in [-0.15, -0.1) is 0 Å². The second-order valence-electron chi connectivity index (χ2n) is 2.96. The second kappa shape index (κ2) is 2.82. The lowest BCUT2D eigenvalue weighted by Gasteiger charge is -2.10. The van der Waals surface area contributed by atoms with E-state index in [2.05, 4.69) is 13.8 Å². The molecule has 0 amide bonds. The number of allylic oxidation sites excluding steroid dienone is 4. The second-order valence-corrected chi connectivity index (χ2v) is 2.96. The van der Waals surface area contributed by atoms with Gasteiger partial charge in [-0.1, -0.05) is 19.9 Å². The van der Waals surface area contributed by atoms with Gasteiger partial charge in [-0.2, -0.15) is 0 Å². The molecule has 2 N–H and O–H groups in total. The maximum atomic E-state index is 7.37. The lowest BCUT2D eigenvalue weighted by atomic mass is 9.95. The molecule has 0 saturated carbocycles. The predicted molar refractivity (Wildman–Crippen MR) is 47.5 cm³/mol. The molecule has 0 spiro atoms. The van der Waals surface area contributed by atoms with Gasteiger partial charge in [-0.3, -0.25) is 10.8 Å². The molecule has 0 fully saturated rings. The zero-order valence-electron chi connectivity index (χ0n) is 6.81. The van der Waals surface area contributed by atoms with Crippen LogP contribution in [0.1, 0.15) is 13.8 Å². The van der Waals surface area contributed by atoms with Crippen LogP contribution in [0.2, 0.25) is 0 Å². The Kier molecular flexibility index (Phi) is 2.03. The Morgan fingerprint density at radius 2 is 1.73 bits per heavy atom. The number of rotatable bonds is 1. The minimum atomic E-state index is 0.300. The van der Waals surface area contributed by atoms with Crippen LogP contribution in [0.3, 0.4) is 0 Å². The molecular formula is C9H12N2. The van der Waals surface area contributed by atoms with E-state index >= 15 is 0 Å². The average molecular weight is 148 g/mol. The first-order chi connectivity index (χ1) is 5.11. The van der Waals surface area contributed by atoms with Crippen molar-refractivity contribution in [3.05, 3.63) is 23.8 Å². The zero-order valence-corrected chi connectivity index (χ0v) is 6.81. The number of hydrogen-bond donors (Lipinski definition) is 2. The SMILES string of the molecule is CC(C)C1=CC(=N)C(=N)C=C1. The van der Waals surface area contributed by atoms with Crippen molar-refractivity contribution < 1.29 is 0 Å². The molecule has 11 heavy (non-hydrogen) atoms. The molecule has 0 heterocycles. The standard InChI is InChI=1S/C9H12N2/c1-6(2)7-3-4-8(10)9(11)5-7/h3-6,10-11H,1-2H3. The van der Waals surface area contributed by atoms with Crippen molar-refractivity contribution in [3.8, 4) is 0 Å². The van der Waals surface area contributed by atoms with E-state index in [1.165, 1.54) is 0 Å². The molecule has 0 aromatic carbocycles. The molecule has 0 unspecified atom stereocenters. The normalized spacial score (nSPS) is 17.5. The molecule has 0 aliphatic heterocycles. The van der Waals surface area contributed by atoms with Gasteiger partial charge in [-0.05, 0) is 23.6 Å². The summed E-state index contributed by atoms with van der Waals surface area (Å²) in [6, 6.07) is 0. The lowest BCUT2D eigenvalue weighted by molar-refractivity contribution is 0.792. The van der Waals surface area contributed by atoms with Crippen molar-refractivity contribution in [2.45, 2.75) is 13.8 Å². The minimum Gasteiger partial charge on any atom is -0.299 e. The molecule has 0 saturated heterocycles. The van der Waals surface area contributed by atoms with Crippen LogP contribution in [0.4, 0.5) is 0 Å². The van der Waals surface area contributed by atoms with Crippen LogP contribution in [0.15, 0.2) is 23.8 Å². The number of hydrogen-bond acceptors (Lipinski definition) is 2. The van der Waals surface area contributed by atoms with Crippen LogP contribution in [0.25, 0.3) is 0 Å². The summed E-state index contributed by atoms with van der Waals surface area (Å²) in [7, 11) is 0. The van der Waals surface area contributed by atoms with Crippen LogP contribution in [0, 0.1) is 16.7 Å². The Morgan fingerprint density at radius 1 is 1.09 bits per heavy atom. The fourth-order valence-corrected chi connectivity index (χ4v) is 0.921. The first-order valence-electron chi connectivity index (χ1n) is 3.68. The molecule has 1 aliphatic rings. The molecule has 0 bridgehead atoms. The van der Waals surface area contributed by atoms with Crippen molar-refractivity contribution in [3.63, 3.8) is 0 Å². The first kappa shape index (κ1) is 7.92. The highest BCUT2D eigenvalue weighted by molar-refractivity contribution is 6.49. The summed E-state index contributed by atoms with van der Waals surface area (Å²) in [6.45, 7) is 4.16. The molecule has 0 radical (unpaired) electrons. The fraction of sp³-hybridized carbons (Fsp3) is 0.333. The third-order valence-corrected chi connectivity index (χ3v) is 1.71. The molecule has 2 heteroatoms. The van der Waals surface area contributed by atoms with E-state index in [1.54, 1.807) is 12.2 Å². The van der Waals surface area contributed by atoms with Gasteiger partial charge in [0, 0.05) is 0 Å². The van der Waals surface area contributed by atoms with E-state index in [0.29, 0.717) is 17.3 Å². The quantitative estimate of drug-likeness (QED) is 0.535. The monoisotopic (exact) mass is 148 g/mol. The molecular weight excluding hydrogens is 136 g/mol. The van der Waals surface area contributed by atoms with Crippen molar-refractivity contribution in [2.75, 3.05) is 0 Å². The van der Waals surface area contributed by atoms with Gasteiger partial charge in [0.1, 0.15) is 0 Å². The molecule has 58 valence electrons. The van der Waals surface area contributed by atoms with E-state index in [-0.39, 0.29) is 0 Å². The minimum absolute atomic E-state index is 0.300. The van der Waals surface area contributed by atoms with E-state index in [1.807, 2.05) is 6.08 Å².